The average molecular weight is 411 g/mol. The molecule has 1 unspecified atom stereocenters. The number of ether oxygens (including phenoxy) is 4. The van der Waals surface area contributed by atoms with Gasteiger partial charge in [-0.3, -0.25) is 4.79 Å². The van der Waals surface area contributed by atoms with Gasteiger partial charge in [0.25, 0.3) is 5.91 Å². The van der Waals surface area contributed by atoms with Crippen molar-refractivity contribution in [1.29, 1.82) is 0 Å². The van der Waals surface area contributed by atoms with Gasteiger partial charge in [-0.1, -0.05) is 17.3 Å². The van der Waals surface area contributed by atoms with Crippen LogP contribution in [0.15, 0.2) is 47.0 Å². The second kappa shape index (κ2) is 8.32. The first-order valence-electron chi connectivity index (χ1n) is 9.27. The van der Waals surface area contributed by atoms with Crippen molar-refractivity contribution in [3.05, 3.63) is 48.4 Å². The number of hydrogen-bond donors (Lipinski definition) is 0. The maximum atomic E-state index is 12.8. The summed E-state index contributed by atoms with van der Waals surface area (Å²) in [5, 5.41) is 4.00. The Balaban J connectivity index is 1.44. The number of carbonyl (C=O) groups excluding carboxylic acids is 1. The van der Waals surface area contributed by atoms with Crippen LogP contribution in [0.3, 0.4) is 0 Å². The molecule has 4 rings (SSSR count). The van der Waals surface area contributed by atoms with E-state index >= 15 is 0 Å². The maximum Gasteiger partial charge on any atom is 0.267 e. The van der Waals surface area contributed by atoms with Gasteiger partial charge in [-0.15, -0.1) is 0 Å². The number of methoxy groups -OCH3 is 2. The molecule has 9 heteroatoms. The molecule has 1 aliphatic rings. The van der Waals surface area contributed by atoms with Gasteiger partial charge in [0.05, 0.1) is 26.3 Å². The lowest BCUT2D eigenvalue weighted by atomic mass is 10.2. The van der Waals surface area contributed by atoms with Gasteiger partial charge >= 0.3 is 0 Å². The highest BCUT2D eigenvalue weighted by atomic mass is 16.6. The topological polar surface area (TPSA) is 96.2 Å². The molecule has 2 heterocycles. The summed E-state index contributed by atoms with van der Waals surface area (Å²) in [4.78, 5) is 18.6. The molecule has 1 aliphatic heterocycles. The van der Waals surface area contributed by atoms with E-state index in [-0.39, 0.29) is 24.9 Å². The molecule has 0 bridgehead atoms. The van der Waals surface area contributed by atoms with Gasteiger partial charge in [-0.05, 0) is 24.3 Å². The average Bonchev–Trinajstić information content (AvgIpc) is 3.25. The number of para-hydroxylation sites is 2. The molecule has 0 aliphatic carbocycles. The van der Waals surface area contributed by atoms with Crippen molar-refractivity contribution < 1.29 is 28.3 Å². The summed E-state index contributed by atoms with van der Waals surface area (Å²) in [5.41, 5.74) is 0.655. The lowest BCUT2D eigenvalue weighted by Gasteiger charge is -2.28. The minimum atomic E-state index is -0.742. The predicted octanol–water partition coefficient (Wildman–Crippen LogP) is 2.55. The van der Waals surface area contributed by atoms with E-state index in [0.29, 0.717) is 34.4 Å². The Labute approximate surface area is 173 Å². The first-order chi connectivity index (χ1) is 14.6. The van der Waals surface area contributed by atoms with Gasteiger partial charge in [0.2, 0.25) is 17.8 Å². The number of fused-ring (bicyclic) bond motifs is 1. The summed E-state index contributed by atoms with van der Waals surface area (Å²) in [6, 6.07) is 12.5. The number of likely N-dealkylation sites (N-methyl/N-ethyl adjacent to an activating group) is 1. The third kappa shape index (κ3) is 3.86. The predicted molar refractivity (Wildman–Crippen MR) is 106 cm³/mol. The van der Waals surface area contributed by atoms with Crippen molar-refractivity contribution in [2.24, 2.45) is 0 Å². The number of benzene rings is 2. The molecule has 0 spiro atoms. The van der Waals surface area contributed by atoms with Crippen molar-refractivity contribution in [3.8, 4) is 34.4 Å². The van der Waals surface area contributed by atoms with E-state index < -0.39 is 6.10 Å². The van der Waals surface area contributed by atoms with Crippen molar-refractivity contribution in [3.63, 3.8) is 0 Å². The summed E-state index contributed by atoms with van der Waals surface area (Å²) in [6.45, 7) is 0.268. The van der Waals surface area contributed by atoms with Gasteiger partial charge in [0.1, 0.15) is 18.1 Å². The molecule has 0 saturated carbocycles. The number of carbonyl (C=O) groups is 1. The minimum Gasteiger partial charge on any atom is -0.497 e. The zero-order valence-corrected chi connectivity index (χ0v) is 16.8. The quantitative estimate of drug-likeness (QED) is 0.611. The lowest BCUT2D eigenvalue weighted by Crippen LogP contribution is -2.44. The van der Waals surface area contributed by atoms with E-state index in [1.807, 2.05) is 12.1 Å². The summed E-state index contributed by atoms with van der Waals surface area (Å²) in [5.74, 6) is 2.78. The van der Waals surface area contributed by atoms with Gasteiger partial charge in [0.15, 0.2) is 11.5 Å². The number of amides is 1. The fourth-order valence-corrected chi connectivity index (χ4v) is 3.08. The Morgan fingerprint density at radius 2 is 1.97 bits per heavy atom. The highest BCUT2D eigenvalue weighted by Gasteiger charge is 2.30. The van der Waals surface area contributed by atoms with E-state index in [0.717, 1.165) is 0 Å². The van der Waals surface area contributed by atoms with Crippen LogP contribution >= 0.6 is 0 Å². The van der Waals surface area contributed by atoms with Crippen LogP contribution in [0, 0.1) is 0 Å². The van der Waals surface area contributed by atoms with E-state index in [2.05, 4.69) is 10.1 Å². The molecule has 0 fully saturated rings. The Kier molecular flexibility index (Phi) is 5.42. The van der Waals surface area contributed by atoms with Gasteiger partial charge in [0, 0.05) is 13.1 Å². The van der Waals surface area contributed by atoms with E-state index in [4.69, 9.17) is 23.5 Å². The van der Waals surface area contributed by atoms with Crippen LogP contribution in [-0.2, 0) is 11.3 Å². The second-order valence-corrected chi connectivity index (χ2v) is 6.64. The molecule has 30 heavy (non-hydrogen) atoms. The zero-order valence-electron chi connectivity index (χ0n) is 16.8. The SMILES string of the molecule is COc1ccc(-c2noc(CN(C)C(=O)C3COc4ccccc4O3)n2)c(OC)c1. The molecule has 1 aromatic heterocycles. The number of nitrogens with zero attached hydrogens (tertiary/aromatic N) is 3. The first-order valence-corrected chi connectivity index (χ1v) is 9.27. The maximum absolute atomic E-state index is 12.8. The third-order valence-electron chi connectivity index (χ3n) is 4.65. The van der Waals surface area contributed by atoms with E-state index in [1.54, 1.807) is 51.6 Å². The highest BCUT2D eigenvalue weighted by Crippen LogP contribution is 2.32. The fourth-order valence-electron chi connectivity index (χ4n) is 3.08. The summed E-state index contributed by atoms with van der Waals surface area (Å²) >= 11 is 0. The molecule has 0 N–H and O–H groups in total. The summed E-state index contributed by atoms with van der Waals surface area (Å²) in [6.07, 6.45) is -0.742. The van der Waals surface area contributed by atoms with Crippen molar-refractivity contribution >= 4 is 5.91 Å². The van der Waals surface area contributed by atoms with Crippen molar-refractivity contribution in [1.82, 2.24) is 15.0 Å². The number of aromatic nitrogens is 2. The van der Waals surface area contributed by atoms with Gasteiger partial charge in [-0.25, -0.2) is 0 Å². The molecule has 1 atom stereocenters. The largest absolute Gasteiger partial charge is 0.497 e. The van der Waals surface area contributed by atoms with Crippen LogP contribution < -0.4 is 18.9 Å². The smallest absolute Gasteiger partial charge is 0.267 e. The zero-order chi connectivity index (χ0) is 21.1. The molecular formula is C21H21N3O6. The monoisotopic (exact) mass is 411 g/mol. The Bertz CT molecular complexity index is 1050. The highest BCUT2D eigenvalue weighted by molar-refractivity contribution is 5.81. The summed E-state index contributed by atoms with van der Waals surface area (Å²) < 4.78 is 27.3. The molecule has 2 aromatic carbocycles. The number of rotatable bonds is 6. The normalized spacial score (nSPS) is 14.8. The van der Waals surface area contributed by atoms with Crippen LogP contribution in [0.4, 0.5) is 0 Å². The van der Waals surface area contributed by atoms with Crippen LogP contribution in [0.2, 0.25) is 0 Å². The second-order valence-electron chi connectivity index (χ2n) is 6.64. The minimum absolute atomic E-state index is 0.131. The molecular weight excluding hydrogens is 390 g/mol. The molecule has 3 aromatic rings. The van der Waals surface area contributed by atoms with Crippen LogP contribution in [0.25, 0.3) is 11.4 Å². The Morgan fingerprint density at radius 1 is 1.17 bits per heavy atom. The molecule has 9 nitrogen and oxygen atoms in total. The van der Waals surface area contributed by atoms with E-state index in [1.165, 1.54) is 4.90 Å². The Hall–Kier alpha value is -3.75. The van der Waals surface area contributed by atoms with Crippen molar-refractivity contribution in [2.75, 3.05) is 27.9 Å². The number of hydrogen-bond acceptors (Lipinski definition) is 8. The van der Waals surface area contributed by atoms with Crippen LogP contribution in [0.1, 0.15) is 5.89 Å². The molecule has 0 radical (unpaired) electrons. The van der Waals surface area contributed by atoms with Crippen molar-refractivity contribution in [2.45, 2.75) is 12.6 Å². The van der Waals surface area contributed by atoms with Crippen LogP contribution in [0.5, 0.6) is 23.0 Å². The molecule has 0 saturated heterocycles. The summed E-state index contributed by atoms with van der Waals surface area (Å²) in [7, 11) is 4.77. The van der Waals surface area contributed by atoms with Gasteiger partial charge < -0.3 is 28.4 Å². The Morgan fingerprint density at radius 3 is 2.73 bits per heavy atom. The first kappa shape index (κ1) is 19.6. The fraction of sp³-hybridized carbons (Fsp3) is 0.286. The standard InChI is InChI=1S/C21H21N3O6/c1-24(21(25)18-12-28-15-6-4-5-7-16(15)29-18)11-19-22-20(23-30-19)14-9-8-13(26-2)10-17(14)27-3/h4-10,18H,11-12H2,1-3H3. The molecule has 1 amide bonds. The lowest BCUT2D eigenvalue weighted by molar-refractivity contribution is -0.140. The van der Waals surface area contributed by atoms with E-state index in [9.17, 15) is 4.79 Å². The third-order valence-corrected chi connectivity index (χ3v) is 4.65. The molecule has 156 valence electrons. The van der Waals surface area contributed by atoms with Crippen LogP contribution in [-0.4, -0.2) is 54.9 Å². The van der Waals surface area contributed by atoms with Gasteiger partial charge in [-0.2, -0.15) is 4.98 Å².